The number of hydrogen-bond donors (Lipinski definition) is 5. The number of amides is 2. The third-order valence-electron chi connectivity index (χ3n) is 9.58. The Morgan fingerprint density at radius 3 is 2.37 bits per heavy atom. The van der Waals surface area contributed by atoms with Gasteiger partial charge in [-0.15, -0.1) is 0 Å². The van der Waals surface area contributed by atoms with Crippen molar-refractivity contribution in [3.8, 4) is 11.5 Å². The molecule has 2 amide bonds. The van der Waals surface area contributed by atoms with Crippen molar-refractivity contribution in [3.63, 3.8) is 0 Å². The summed E-state index contributed by atoms with van der Waals surface area (Å²) in [6, 6.07) is 13.8. The molecule has 0 unspecified atom stereocenters. The fraction of sp³-hybridized carbons (Fsp3) is 0.375. The van der Waals surface area contributed by atoms with E-state index in [-0.39, 0.29) is 40.8 Å². The van der Waals surface area contributed by atoms with Crippen LogP contribution in [-0.4, -0.2) is 78.3 Å². The van der Waals surface area contributed by atoms with Gasteiger partial charge in [0.05, 0.1) is 30.1 Å². The molecule has 3 aromatic rings. The predicted octanol–water partition coefficient (Wildman–Crippen LogP) is 5.88. The van der Waals surface area contributed by atoms with Crippen LogP contribution in [0.4, 0.5) is 16.2 Å². The molecule has 0 radical (unpaired) electrons. The zero-order chi connectivity index (χ0) is 38.3. The van der Waals surface area contributed by atoms with Gasteiger partial charge in [-0.3, -0.25) is 14.5 Å². The minimum Gasteiger partial charge on any atom is -0.506 e. The summed E-state index contributed by atoms with van der Waals surface area (Å²) in [6.45, 7) is 6.50. The van der Waals surface area contributed by atoms with Crippen molar-refractivity contribution in [3.05, 3.63) is 89.0 Å². The van der Waals surface area contributed by atoms with Crippen LogP contribution < -0.4 is 16.4 Å². The monoisotopic (exact) mass is 715 g/mol. The molecule has 2 bridgehead atoms. The van der Waals surface area contributed by atoms with Crippen molar-refractivity contribution in [2.75, 3.05) is 31.4 Å². The minimum absolute atomic E-state index is 0.0303. The van der Waals surface area contributed by atoms with E-state index >= 15 is 0 Å². The summed E-state index contributed by atoms with van der Waals surface area (Å²) in [4.78, 5) is 41.3. The van der Waals surface area contributed by atoms with E-state index in [2.05, 4.69) is 0 Å². The molecule has 7 N–H and O–H groups in total. The van der Waals surface area contributed by atoms with Gasteiger partial charge in [0.1, 0.15) is 23.7 Å². The lowest BCUT2D eigenvalue weighted by molar-refractivity contribution is -0.115. The molecule has 0 fully saturated rings. The molecule has 4 rings (SSSR count). The van der Waals surface area contributed by atoms with Crippen LogP contribution in [-0.2, 0) is 19.0 Å². The van der Waals surface area contributed by atoms with Crippen molar-refractivity contribution in [2.24, 2.45) is 17.6 Å². The number of hydrogen-bond acceptors (Lipinski definition) is 10. The second-order valence-electron chi connectivity index (χ2n) is 13.4. The number of phenols is 2. The molecule has 1 aliphatic rings. The average molecular weight is 716 g/mol. The fourth-order valence-corrected chi connectivity index (χ4v) is 6.74. The number of nitrogens with two attached hydrogens (primary N) is 2. The lowest BCUT2D eigenvalue weighted by Crippen LogP contribution is -2.41. The molecular formula is C40H49N3O9. The van der Waals surface area contributed by atoms with Crippen LogP contribution in [0.5, 0.6) is 11.5 Å². The maximum absolute atomic E-state index is 14.3. The molecule has 0 saturated heterocycles. The van der Waals surface area contributed by atoms with Gasteiger partial charge in [0.25, 0.3) is 5.91 Å². The number of allylic oxidation sites excluding steroid dienone is 2. The molecule has 3 aromatic carbocycles. The summed E-state index contributed by atoms with van der Waals surface area (Å²) >= 11 is 0. The summed E-state index contributed by atoms with van der Waals surface area (Å²) in [5, 5.41) is 35.7. The first kappa shape index (κ1) is 39.6. The van der Waals surface area contributed by atoms with Crippen LogP contribution in [0.3, 0.4) is 0 Å². The van der Waals surface area contributed by atoms with Crippen molar-refractivity contribution >= 4 is 46.0 Å². The molecule has 6 atom stereocenters. The zero-order valence-corrected chi connectivity index (χ0v) is 30.4. The first-order chi connectivity index (χ1) is 24.7. The van der Waals surface area contributed by atoms with E-state index in [1.807, 2.05) is 44.2 Å². The Morgan fingerprint density at radius 2 is 1.69 bits per heavy atom. The van der Waals surface area contributed by atoms with E-state index in [4.69, 9.17) is 25.7 Å². The van der Waals surface area contributed by atoms with E-state index in [1.165, 1.54) is 20.3 Å². The normalized spacial score (nSPS) is 23.6. The van der Waals surface area contributed by atoms with Gasteiger partial charge >= 0.3 is 6.09 Å². The third-order valence-corrected chi connectivity index (χ3v) is 9.58. The standard InChI is InChI=1S/C40H49N3O9/c1-22-17-29-35(41)31(44)20-30(37(29)47)43(21-32(45)28-15-10-13-26-12-7-8-14-27(26)28)39(48)23(2)11-9-16-33(50-5)38(52-40(42)49)25(4)19-24(3)36(46)34(18-22)51-6/h7-17,20,24-25,33-34,36,38,44,46-47H,18-19,21,41H2,1-6H3,(H2,42,49)/t24-,25+,33-,34-,36+,38-/m0/s1. The van der Waals surface area contributed by atoms with Gasteiger partial charge in [-0.1, -0.05) is 80.1 Å². The Morgan fingerprint density at radius 1 is 1.00 bits per heavy atom. The largest absolute Gasteiger partial charge is 0.506 e. The second kappa shape index (κ2) is 17.4. The quantitative estimate of drug-likeness (QED) is 0.0891. The minimum atomic E-state index is -0.994. The van der Waals surface area contributed by atoms with Crippen LogP contribution >= 0.6 is 0 Å². The fourth-order valence-electron chi connectivity index (χ4n) is 6.74. The predicted molar refractivity (Wildman–Crippen MR) is 201 cm³/mol. The van der Waals surface area contributed by atoms with Gasteiger partial charge < -0.3 is 41.0 Å². The number of aliphatic hydroxyl groups is 1. The van der Waals surface area contributed by atoms with Gasteiger partial charge in [-0.25, -0.2) is 4.79 Å². The molecule has 52 heavy (non-hydrogen) atoms. The first-order valence-corrected chi connectivity index (χ1v) is 17.1. The molecule has 1 heterocycles. The number of carbonyl (C=O) groups is 3. The van der Waals surface area contributed by atoms with E-state index in [0.717, 1.165) is 16.4 Å². The molecule has 12 heteroatoms. The van der Waals surface area contributed by atoms with Gasteiger partial charge in [0, 0.05) is 37.0 Å². The summed E-state index contributed by atoms with van der Waals surface area (Å²) in [7, 11) is 2.92. The Bertz CT molecular complexity index is 1880. The number of aromatic hydroxyl groups is 2. The van der Waals surface area contributed by atoms with E-state index in [0.29, 0.717) is 22.9 Å². The number of Topliss-reactive ketones (excluding diaryl/α,β-unsaturated/α-hetero) is 1. The van der Waals surface area contributed by atoms with Crippen LogP contribution in [0.15, 0.2) is 77.9 Å². The number of phenolic OH excluding ortho intramolecular Hbond substituents is 2. The highest BCUT2D eigenvalue weighted by Crippen LogP contribution is 2.43. The topological polar surface area (TPSA) is 195 Å². The molecule has 0 aromatic heterocycles. The van der Waals surface area contributed by atoms with Crippen LogP contribution in [0, 0.1) is 11.8 Å². The Hall–Kier alpha value is -5.17. The van der Waals surface area contributed by atoms with Crippen molar-refractivity contribution < 1.29 is 43.9 Å². The number of aliphatic hydroxyl groups excluding tert-OH is 1. The first-order valence-electron chi connectivity index (χ1n) is 17.1. The smallest absolute Gasteiger partial charge is 0.404 e. The van der Waals surface area contributed by atoms with Crippen LogP contribution in [0.1, 0.15) is 56.5 Å². The summed E-state index contributed by atoms with van der Waals surface area (Å²) < 4.78 is 16.9. The number of nitrogen functional groups attached to an aromatic ring is 1. The Labute approximate surface area is 304 Å². The molecule has 0 aliphatic carbocycles. The number of fused-ring (bicyclic) bond motifs is 3. The Kier molecular flexibility index (Phi) is 13.2. The number of rotatable bonds is 6. The molecule has 278 valence electrons. The van der Waals surface area contributed by atoms with Crippen molar-refractivity contribution in [2.45, 2.75) is 65.0 Å². The number of benzene rings is 3. The van der Waals surface area contributed by atoms with Crippen LogP contribution in [0.2, 0.25) is 0 Å². The van der Waals surface area contributed by atoms with Crippen molar-refractivity contribution in [1.29, 1.82) is 0 Å². The maximum Gasteiger partial charge on any atom is 0.404 e. The summed E-state index contributed by atoms with van der Waals surface area (Å²) in [6.07, 6.45) is 2.52. The molecule has 0 spiro atoms. The van der Waals surface area contributed by atoms with E-state index in [1.54, 1.807) is 44.2 Å². The number of ketones is 1. The Balaban J connectivity index is 1.91. The van der Waals surface area contributed by atoms with E-state index in [9.17, 15) is 29.7 Å². The lowest BCUT2D eigenvalue weighted by atomic mass is 9.84. The van der Waals surface area contributed by atoms with Gasteiger partial charge in [0.2, 0.25) is 0 Å². The van der Waals surface area contributed by atoms with Crippen molar-refractivity contribution in [1.82, 2.24) is 0 Å². The van der Waals surface area contributed by atoms with E-state index < -0.39 is 60.2 Å². The second-order valence-corrected chi connectivity index (χ2v) is 13.4. The molecular weight excluding hydrogens is 666 g/mol. The number of ether oxygens (including phenoxy) is 3. The van der Waals surface area contributed by atoms with Gasteiger partial charge in [-0.05, 0) is 55.4 Å². The highest BCUT2D eigenvalue weighted by molar-refractivity contribution is 6.15. The average Bonchev–Trinajstić information content (AvgIpc) is 3.12. The number of carbonyl (C=O) groups excluding carboxylic acids is 3. The molecule has 1 aliphatic heterocycles. The molecule has 12 nitrogen and oxygen atoms in total. The number of anilines is 2. The third kappa shape index (κ3) is 9.00. The maximum atomic E-state index is 14.3. The highest BCUT2D eigenvalue weighted by atomic mass is 16.6. The summed E-state index contributed by atoms with van der Waals surface area (Å²) in [5.41, 5.74) is 12.6. The summed E-state index contributed by atoms with van der Waals surface area (Å²) in [5.74, 6) is -2.59. The lowest BCUT2D eigenvalue weighted by Gasteiger charge is -2.33. The van der Waals surface area contributed by atoms with Crippen LogP contribution in [0.25, 0.3) is 16.8 Å². The molecule has 0 saturated carbocycles. The highest BCUT2D eigenvalue weighted by Gasteiger charge is 2.34. The number of primary amides is 1. The SMILES string of the molecule is CO[C@H]1C=CC=C(C)C(=O)N(CC(=O)c2cccc3ccccc23)c2cc(O)c(N)c(c2O)C=C(C)C[C@H](OC)[C@H](O)[C@@H](C)C[C@@H](C)[C@@H]1OC(N)=O. The zero-order valence-electron chi connectivity index (χ0n) is 30.4. The van der Waals surface area contributed by atoms with Gasteiger partial charge in [-0.2, -0.15) is 0 Å². The van der Waals surface area contributed by atoms with Gasteiger partial charge in [0.15, 0.2) is 5.78 Å². The number of methoxy groups -OCH3 is 2. The number of nitrogens with zero attached hydrogens (tertiary/aromatic N) is 1.